The van der Waals surface area contributed by atoms with Gasteiger partial charge in [-0.1, -0.05) is 34.6 Å². The van der Waals surface area contributed by atoms with Crippen molar-refractivity contribution in [2.45, 2.75) is 66.6 Å². The highest BCUT2D eigenvalue weighted by molar-refractivity contribution is 5.74. The summed E-state index contributed by atoms with van der Waals surface area (Å²) in [4.78, 5) is 11.1. The van der Waals surface area contributed by atoms with Gasteiger partial charge in [-0.3, -0.25) is 0 Å². The van der Waals surface area contributed by atoms with Gasteiger partial charge in [0.2, 0.25) is 0 Å². The van der Waals surface area contributed by atoms with Crippen molar-refractivity contribution in [3.63, 3.8) is 0 Å². The Kier molecular flexibility index (Phi) is 12.2. The van der Waals surface area contributed by atoms with E-state index >= 15 is 0 Å². The van der Waals surface area contributed by atoms with Gasteiger partial charge in [0, 0.05) is 0 Å². The van der Waals surface area contributed by atoms with E-state index in [2.05, 4.69) is 11.7 Å². The Bertz CT molecular complexity index is 159. The van der Waals surface area contributed by atoms with Crippen molar-refractivity contribution < 1.29 is 14.3 Å². The molecule has 3 nitrogen and oxygen atoms in total. The maximum atomic E-state index is 11.1. The molecule has 1 heterocycles. The number of ether oxygens (including phenoxy) is 2. The van der Waals surface area contributed by atoms with Gasteiger partial charge in [0.05, 0.1) is 13.2 Å². The van der Waals surface area contributed by atoms with Crippen LogP contribution in [0.15, 0.2) is 0 Å². The average molecular weight is 232 g/mol. The van der Waals surface area contributed by atoms with Crippen LogP contribution >= 0.6 is 0 Å². The van der Waals surface area contributed by atoms with Crippen molar-refractivity contribution >= 4 is 5.97 Å². The lowest BCUT2D eigenvalue weighted by Gasteiger charge is -2.30. The smallest absolute Gasteiger partial charge is 0.334 e. The molecule has 0 amide bonds. The minimum atomic E-state index is -0.339. The molecule has 0 saturated carbocycles. The van der Waals surface area contributed by atoms with Crippen LogP contribution in [-0.2, 0) is 14.3 Å². The van der Waals surface area contributed by atoms with E-state index in [1.165, 1.54) is 7.11 Å². The van der Waals surface area contributed by atoms with Crippen molar-refractivity contribution in [3.05, 3.63) is 0 Å². The van der Waals surface area contributed by atoms with Gasteiger partial charge in [-0.15, -0.1) is 0 Å². The first-order chi connectivity index (χ1) is 7.63. The van der Waals surface area contributed by atoms with E-state index in [4.69, 9.17) is 4.74 Å². The summed E-state index contributed by atoms with van der Waals surface area (Å²) in [5, 5.41) is 0. The Balaban J connectivity index is 0. The van der Waals surface area contributed by atoms with Gasteiger partial charge < -0.3 is 9.47 Å². The van der Waals surface area contributed by atoms with Crippen LogP contribution in [0.5, 0.6) is 0 Å². The second kappa shape index (κ2) is 10.9. The predicted molar refractivity (Wildman–Crippen MR) is 67.4 cm³/mol. The predicted octanol–water partition coefficient (Wildman–Crippen LogP) is 3.42. The highest BCUT2D eigenvalue weighted by Crippen LogP contribution is 2.24. The highest BCUT2D eigenvalue weighted by atomic mass is 16.6. The number of methoxy groups -OCH3 is 1. The van der Waals surface area contributed by atoms with Gasteiger partial charge in [-0.05, 0) is 25.7 Å². The summed E-state index contributed by atoms with van der Waals surface area (Å²) >= 11 is 0. The van der Waals surface area contributed by atoms with E-state index in [0.717, 1.165) is 12.8 Å². The minimum Gasteiger partial charge on any atom is -0.467 e. The third-order valence-electron chi connectivity index (χ3n) is 2.21. The molecule has 1 aliphatic rings. The molecule has 0 spiro atoms. The first kappa shape index (κ1) is 17.8. The van der Waals surface area contributed by atoms with Crippen LogP contribution in [0.4, 0.5) is 0 Å². The SMILES string of the molecule is CC.CC.COC(=O)C1C[C@H](C)CC(C)O1. The van der Waals surface area contributed by atoms with Gasteiger partial charge in [0.1, 0.15) is 0 Å². The second-order valence-corrected chi connectivity index (χ2v) is 3.54. The topological polar surface area (TPSA) is 35.5 Å². The molecule has 3 heteroatoms. The Morgan fingerprint density at radius 2 is 1.62 bits per heavy atom. The Morgan fingerprint density at radius 3 is 2.00 bits per heavy atom. The zero-order valence-corrected chi connectivity index (χ0v) is 11.9. The molecule has 0 radical (unpaired) electrons. The second-order valence-electron chi connectivity index (χ2n) is 3.54. The molecule has 1 saturated heterocycles. The quantitative estimate of drug-likeness (QED) is 0.650. The van der Waals surface area contributed by atoms with Crippen LogP contribution in [0.3, 0.4) is 0 Å². The first-order valence-corrected chi connectivity index (χ1v) is 6.36. The molecule has 0 aliphatic carbocycles. The van der Waals surface area contributed by atoms with Gasteiger partial charge in [0.15, 0.2) is 6.10 Å². The number of hydrogen-bond donors (Lipinski definition) is 0. The van der Waals surface area contributed by atoms with Crippen LogP contribution in [0.1, 0.15) is 54.4 Å². The van der Waals surface area contributed by atoms with E-state index in [1.54, 1.807) is 0 Å². The lowest BCUT2D eigenvalue weighted by molar-refractivity contribution is -0.164. The van der Waals surface area contributed by atoms with E-state index in [1.807, 2.05) is 34.6 Å². The summed E-state index contributed by atoms with van der Waals surface area (Å²) in [7, 11) is 1.40. The van der Waals surface area contributed by atoms with E-state index in [0.29, 0.717) is 5.92 Å². The van der Waals surface area contributed by atoms with Crippen LogP contribution in [0.25, 0.3) is 0 Å². The summed E-state index contributed by atoms with van der Waals surface area (Å²) in [5.41, 5.74) is 0. The normalized spacial score (nSPS) is 27.8. The molecule has 0 N–H and O–H groups in total. The Labute approximate surface area is 101 Å². The van der Waals surface area contributed by atoms with Gasteiger partial charge >= 0.3 is 5.97 Å². The Hall–Kier alpha value is -0.570. The van der Waals surface area contributed by atoms with Gasteiger partial charge in [-0.25, -0.2) is 4.79 Å². The van der Waals surface area contributed by atoms with Crippen molar-refractivity contribution in [3.8, 4) is 0 Å². The molecular formula is C13H28O3. The molecule has 16 heavy (non-hydrogen) atoms. The number of hydrogen-bond acceptors (Lipinski definition) is 3. The van der Waals surface area contributed by atoms with E-state index in [9.17, 15) is 4.79 Å². The fourth-order valence-electron chi connectivity index (χ4n) is 1.70. The molecule has 98 valence electrons. The largest absolute Gasteiger partial charge is 0.467 e. The number of carbonyl (C=O) groups excluding carboxylic acids is 1. The maximum absolute atomic E-state index is 11.1. The third kappa shape index (κ3) is 6.83. The summed E-state index contributed by atoms with van der Waals surface area (Å²) in [5.74, 6) is 0.311. The summed E-state index contributed by atoms with van der Waals surface area (Å²) < 4.78 is 10.1. The van der Waals surface area contributed by atoms with E-state index < -0.39 is 0 Å². The number of esters is 1. The maximum Gasteiger partial charge on any atom is 0.334 e. The summed E-state index contributed by atoms with van der Waals surface area (Å²) in [6, 6.07) is 0. The molecule has 1 aliphatic heterocycles. The first-order valence-electron chi connectivity index (χ1n) is 6.36. The van der Waals surface area contributed by atoms with E-state index in [-0.39, 0.29) is 18.2 Å². The molecule has 1 fully saturated rings. The van der Waals surface area contributed by atoms with Crippen LogP contribution < -0.4 is 0 Å². The van der Waals surface area contributed by atoms with Gasteiger partial charge in [-0.2, -0.15) is 0 Å². The minimum absolute atomic E-state index is 0.179. The lowest BCUT2D eigenvalue weighted by Crippen LogP contribution is -2.36. The van der Waals surface area contributed by atoms with Crippen LogP contribution in [0.2, 0.25) is 0 Å². The Morgan fingerprint density at radius 1 is 1.12 bits per heavy atom. The summed E-state index contributed by atoms with van der Waals surface area (Å²) in [6.45, 7) is 12.1. The van der Waals surface area contributed by atoms with Crippen molar-refractivity contribution in [1.29, 1.82) is 0 Å². The van der Waals surface area contributed by atoms with Crippen molar-refractivity contribution in [1.82, 2.24) is 0 Å². The fraction of sp³-hybridized carbons (Fsp3) is 0.923. The highest BCUT2D eigenvalue weighted by Gasteiger charge is 2.30. The average Bonchev–Trinajstić information content (AvgIpc) is 2.32. The standard InChI is InChI=1S/C9H16O3.2C2H6/c1-6-4-7(2)12-8(5-6)9(10)11-3;2*1-2/h6-8H,4-5H2,1-3H3;2*1-2H3/t6-,7?,8?;;/m1../s1. The number of rotatable bonds is 1. The monoisotopic (exact) mass is 232 g/mol. The third-order valence-corrected chi connectivity index (χ3v) is 2.21. The van der Waals surface area contributed by atoms with Crippen molar-refractivity contribution in [2.24, 2.45) is 5.92 Å². The summed E-state index contributed by atoms with van der Waals surface area (Å²) in [6.07, 6.45) is 1.66. The lowest BCUT2D eigenvalue weighted by atomic mass is 9.94. The molecule has 0 aromatic carbocycles. The molecule has 3 atom stereocenters. The fourth-order valence-corrected chi connectivity index (χ4v) is 1.70. The molecular weight excluding hydrogens is 204 g/mol. The molecule has 2 unspecified atom stereocenters. The van der Waals surface area contributed by atoms with Crippen LogP contribution in [-0.4, -0.2) is 25.3 Å². The zero-order chi connectivity index (χ0) is 13.1. The molecule has 0 bridgehead atoms. The molecule has 0 aromatic rings. The molecule has 0 aromatic heterocycles. The zero-order valence-electron chi connectivity index (χ0n) is 11.9. The number of carbonyl (C=O) groups is 1. The van der Waals surface area contributed by atoms with Crippen LogP contribution in [0, 0.1) is 5.92 Å². The van der Waals surface area contributed by atoms with Crippen molar-refractivity contribution in [2.75, 3.05) is 7.11 Å². The molecule has 1 rings (SSSR count). The van der Waals surface area contributed by atoms with Gasteiger partial charge in [0.25, 0.3) is 0 Å².